The Morgan fingerprint density at radius 1 is 1.35 bits per heavy atom. The molecule has 1 aromatic heterocycles. The summed E-state index contributed by atoms with van der Waals surface area (Å²) in [4.78, 5) is 16.7. The first-order chi connectivity index (χ1) is 11.2. The van der Waals surface area contributed by atoms with Crippen molar-refractivity contribution in [2.45, 2.75) is 44.2 Å². The number of imidazole rings is 1. The monoisotopic (exact) mass is 308 g/mol. The van der Waals surface area contributed by atoms with Crippen LogP contribution in [-0.2, 0) is 4.74 Å². The molecular weight excluding hydrogens is 288 g/mol. The van der Waals surface area contributed by atoms with E-state index in [9.17, 15) is 4.79 Å². The predicted octanol–water partition coefficient (Wildman–Crippen LogP) is 3.60. The van der Waals surface area contributed by atoms with E-state index in [1.54, 1.807) is 12.5 Å². The van der Waals surface area contributed by atoms with Crippen molar-refractivity contribution in [2.75, 3.05) is 0 Å². The number of rotatable bonds is 4. The maximum absolute atomic E-state index is 12.6. The molecule has 1 fully saturated rings. The van der Waals surface area contributed by atoms with Crippen LogP contribution in [0.1, 0.15) is 54.7 Å². The minimum absolute atomic E-state index is 0.00777. The molecule has 1 heterocycles. The molecular formula is C19H20N2O2. The lowest BCUT2D eigenvalue weighted by Gasteiger charge is -2.24. The molecule has 3 rings (SSSR count). The molecule has 2 aromatic rings. The van der Waals surface area contributed by atoms with Crippen molar-refractivity contribution in [3.05, 3.63) is 54.1 Å². The van der Waals surface area contributed by atoms with Gasteiger partial charge < -0.3 is 9.30 Å². The molecule has 0 saturated heterocycles. The zero-order chi connectivity index (χ0) is 16.3. The summed E-state index contributed by atoms with van der Waals surface area (Å²) in [5.74, 6) is 2.28. The van der Waals surface area contributed by atoms with Crippen LogP contribution in [0.3, 0.4) is 0 Å². The second-order valence-electron chi connectivity index (χ2n) is 6.01. The summed E-state index contributed by atoms with van der Waals surface area (Å²) in [6, 6.07) is 9.97. The number of nitrogens with zero attached hydrogens (tertiary/aromatic N) is 2. The topological polar surface area (TPSA) is 44.1 Å². The lowest BCUT2D eigenvalue weighted by Crippen LogP contribution is -2.31. The van der Waals surface area contributed by atoms with Crippen molar-refractivity contribution in [3.63, 3.8) is 0 Å². The fourth-order valence-electron chi connectivity index (χ4n) is 3.12. The first kappa shape index (κ1) is 15.4. The first-order valence-corrected chi connectivity index (χ1v) is 7.93. The van der Waals surface area contributed by atoms with Crippen LogP contribution in [0.4, 0.5) is 0 Å². The summed E-state index contributed by atoms with van der Waals surface area (Å²) in [5, 5.41) is 0. The Labute approximate surface area is 136 Å². The average Bonchev–Trinajstić information content (AvgIpc) is 3.24. The molecule has 0 N–H and O–H groups in total. The van der Waals surface area contributed by atoms with E-state index in [2.05, 4.69) is 10.9 Å². The van der Waals surface area contributed by atoms with E-state index >= 15 is 0 Å². The Balaban J connectivity index is 1.83. The van der Waals surface area contributed by atoms with E-state index in [0.717, 1.165) is 31.2 Å². The molecule has 118 valence electrons. The Morgan fingerprint density at radius 3 is 2.70 bits per heavy atom. The van der Waals surface area contributed by atoms with Crippen molar-refractivity contribution in [2.24, 2.45) is 0 Å². The Bertz CT molecular complexity index is 721. The van der Waals surface area contributed by atoms with E-state index in [1.807, 2.05) is 41.8 Å². The third-order valence-electron chi connectivity index (χ3n) is 4.54. The molecule has 1 aliphatic rings. The number of terminal acetylenes is 1. The standard InChI is InChI=1S/C19H20N2O2/c1-3-19(11-7-8-12-19)23-18(22)17-13-20-14-21(17)15(2)16-9-5-4-6-10-16/h1,4-6,9-10,13-15H,7-8,11-12H2,2H3/t15-/m1/s1. The molecule has 4 nitrogen and oxygen atoms in total. The highest BCUT2D eigenvalue weighted by atomic mass is 16.6. The van der Waals surface area contributed by atoms with E-state index < -0.39 is 11.6 Å². The van der Waals surface area contributed by atoms with E-state index in [1.165, 1.54) is 0 Å². The molecule has 1 atom stereocenters. The highest BCUT2D eigenvalue weighted by Gasteiger charge is 2.37. The second kappa shape index (κ2) is 6.29. The van der Waals surface area contributed by atoms with E-state index in [4.69, 9.17) is 11.2 Å². The molecule has 0 amide bonds. The van der Waals surface area contributed by atoms with Crippen LogP contribution >= 0.6 is 0 Å². The minimum Gasteiger partial charge on any atom is -0.441 e. The number of aromatic nitrogens is 2. The smallest absolute Gasteiger partial charge is 0.358 e. The summed E-state index contributed by atoms with van der Waals surface area (Å²) in [6.07, 6.45) is 12.3. The number of hydrogen-bond acceptors (Lipinski definition) is 3. The fraction of sp³-hybridized carbons (Fsp3) is 0.368. The molecule has 23 heavy (non-hydrogen) atoms. The van der Waals surface area contributed by atoms with Crippen LogP contribution < -0.4 is 0 Å². The van der Waals surface area contributed by atoms with Gasteiger partial charge in [0.2, 0.25) is 0 Å². The van der Waals surface area contributed by atoms with Crippen molar-refractivity contribution >= 4 is 5.97 Å². The lowest BCUT2D eigenvalue weighted by molar-refractivity contribution is 0.00910. The second-order valence-corrected chi connectivity index (χ2v) is 6.01. The molecule has 0 unspecified atom stereocenters. The average molecular weight is 308 g/mol. The van der Waals surface area contributed by atoms with Gasteiger partial charge >= 0.3 is 5.97 Å². The van der Waals surface area contributed by atoms with Crippen LogP contribution in [0.15, 0.2) is 42.9 Å². The SMILES string of the molecule is C#CC1(OC(=O)c2cncn2[C@H](C)c2ccccc2)CCCC1. The van der Waals surface area contributed by atoms with Gasteiger partial charge in [0.25, 0.3) is 0 Å². The van der Waals surface area contributed by atoms with Gasteiger partial charge in [0.1, 0.15) is 5.69 Å². The van der Waals surface area contributed by atoms with Crippen LogP contribution in [0.5, 0.6) is 0 Å². The summed E-state index contributed by atoms with van der Waals surface area (Å²) >= 11 is 0. The van der Waals surface area contributed by atoms with E-state index in [0.29, 0.717) is 5.69 Å². The summed E-state index contributed by atoms with van der Waals surface area (Å²) in [5.41, 5.74) is 0.789. The first-order valence-electron chi connectivity index (χ1n) is 7.93. The van der Waals surface area contributed by atoms with Crippen LogP contribution in [0, 0.1) is 12.3 Å². The Hall–Kier alpha value is -2.54. The number of ether oxygens (including phenoxy) is 1. The normalized spacial score (nSPS) is 17.4. The highest BCUT2D eigenvalue weighted by Crippen LogP contribution is 2.33. The molecule has 0 bridgehead atoms. The minimum atomic E-state index is -0.748. The van der Waals surface area contributed by atoms with Gasteiger partial charge in [-0.1, -0.05) is 36.3 Å². The molecule has 0 radical (unpaired) electrons. The quantitative estimate of drug-likeness (QED) is 0.640. The van der Waals surface area contributed by atoms with Crippen molar-refractivity contribution in [3.8, 4) is 12.3 Å². The van der Waals surface area contributed by atoms with Crippen molar-refractivity contribution < 1.29 is 9.53 Å². The van der Waals surface area contributed by atoms with Crippen LogP contribution in [-0.4, -0.2) is 21.1 Å². The van der Waals surface area contributed by atoms with Gasteiger partial charge in [-0.2, -0.15) is 0 Å². The Kier molecular flexibility index (Phi) is 4.20. The summed E-state index contributed by atoms with van der Waals surface area (Å²) in [7, 11) is 0. The predicted molar refractivity (Wildman–Crippen MR) is 87.9 cm³/mol. The zero-order valence-corrected chi connectivity index (χ0v) is 13.2. The number of hydrogen-bond donors (Lipinski definition) is 0. The van der Waals surface area contributed by atoms with Gasteiger partial charge in [-0.15, -0.1) is 6.42 Å². The van der Waals surface area contributed by atoms with Gasteiger partial charge in [-0.25, -0.2) is 9.78 Å². The summed E-state index contributed by atoms with van der Waals surface area (Å²) in [6.45, 7) is 2.03. The molecule has 1 aromatic carbocycles. The van der Waals surface area contributed by atoms with Gasteiger partial charge in [0.05, 0.1) is 18.6 Å². The van der Waals surface area contributed by atoms with Gasteiger partial charge in [0, 0.05) is 0 Å². The molecule has 1 saturated carbocycles. The molecule has 0 aliphatic heterocycles. The molecule has 4 heteroatoms. The third-order valence-corrected chi connectivity index (χ3v) is 4.54. The maximum Gasteiger partial charge on any atom is 0.358 e. The maximum atomic E-state index is 12.6. The van der Waals surface area contributed by atoms with Crippen molar-refractivity contribution in [1.29, 1.82) is 0 Å². The number of benzene rings is 1. The van der Waals surface area contributed by atoms with Crippen LogP contribution in [0.25, 0.3) is 0 Å². The fourth-order valence-corrected chi connectivity index (χ4v) is 3.12. The van der Waals surface area contributed by atoms with Gasteiger partial charge in [-0.05, 0) is 38.2 Å². The highest BCUT2D eigenvalue weighted by molar-refractivity contribution is 5.88. The van der Waals surface area contributed by atoms with Gasteiger partial charge in [0.15, 0.2) is 5.60 Å². The van der Waals surface area contributed by atoms with Crippen molar-refractivity contribution in [1.82, 2.24) is 9.55 Å². The lowest BCUT2D eigenvalue weighted by atomic mass is 10.0. The number of carbonyl (C=O) groups is 1. The third kappa shape index (κ3) is 3.00. The number of carbonyl (C=O) groups excluding carboxylic acids is 1. The van der Waals surface area contributed by atoms with Crippen LogP contribution in [0.2, 0.25) is 0 Å². The zero-order valence-electron chi connectivity index (χ0n) is 13.2. The molecule has 1 aliphatic carbocycles. The van der Waals surface area contributed by atoms with Gasteiger partial charge in [-0.3, -0.25) is 0 Å². The summed E-state index contributed by atoms with van der Waals surface area (Å²) < 4.78 is 7.51. The number of esters is 1. The van der Waals surface area contributed by atoms with E-state index in [-0.39, 0.29) is 6.04 Å². The largest absolute Gasteiger partial charge is 0.441 e. The Morgan fingerprint density at radius 2 is 2.04 bits per heavy atom. The molecule has 0 spiro atoms.